The van der Waals surface area contributed by atoms with E-state index in [2.05, 4.69) is 4.74 Å². The first-order valence-electron chi connectivity index (χ1n) is 4.93. The maximum atomic E-state index is 12.5. The van der Waals surface area contributed by atoms with Crippen molar-refractivity contribution in [1.29, 1.82) is 0 Å². The number of ether oxygens (including phenoxy) is 3. The van der Waals surface area contributed by atoms with E-state index in [1.54, 1.807) is 0 Å². The standard InChI is InChI=1S/C9H14F4O3/c1-7(10)16-8(2-3-8)15-5-4-14-6-9(11,12)13/h7H,2-6H2,1H3. The van der Waals surface area contributed by atoms with Crippen LogP contribution in [0.25, 0.3) is 0 Å². The van der Waals surface area contributed by atoms with Crippen LogP contribution in [0.5, 0.6) is 0 Å². The topological polar surface area (TPSA) is 27.7 Å². The minimum Gasteiger partial charge on any atom is -0.370 e. The van der Waals surface area contributed by atoms with Crippen LogP contribution >= 0.6 is 0 Å². The molecule has 0 radical (unpaired) electrons. The van der Waals surface area contributed by atoms with E-state index in [0.29, 0.717) is 12.8 Å². The van der Waals surface area contributed by atoms with Gasteiger partial charge in [0.1, 0.15) is 6.61 Å². The molecule has 7 heteroatoms. The molecule has 0 aromatic carbocycles. The summed E-state index contributed by atoms with van der Waals surface area (Å²) in [5.41, 5.74) is 0. The summed E-state index contributed by atoms with van der Waals surface area (Å²) in [6.07, 6.45) is -4.67. The minimum absolute atomic E-state index is 0.0389. The Morgan fingerprint density at radius 3 is 2.31 bits per heavy atom. The van der Waals surface area contributed by atoms with Crippen molar-refractivity contribution in [3.05, 3.63) is 0 Å². The molecule has 1 fully saturated rings. The van der Waals surface area contributed by atoms with Crippen LogP contribution in [0.1, 0.15) is 19.8 Å². The van der Waals surface area contributed by atoms with Crippen LogP contribution in [0.2, 0.25) is 0 Å². The molecule has 0 aromatic heterocycles. The maximum Gasteiger partial charge on any atom is 0.411 e. The summed E-state index contributed by atoms with van der Waals surface area (Å²) >= 11 is 0. The highest BCUT2D eigenvalue weighted by Gasteiger charge is 2.47. The van der Waals surface area contributed by atoms with Crippen molar-refractivity contribution in [3.8, 4) is 0 Å². The summed E-state index contributed by atoms with van der Waals surface area (Å²) in [5.74, 6) is -0.935. The summed E-state index contributed by atoms with van der Waals surface area (Å²) in [7, 11) is 0. The van der Waals surface area contributed by atoms with Crippen molar-refractivity contribution in [2.45, 2.75) is 38.1 Å². The first-order chi connectivity index (χ1) is 7.33. The SMILES string of the molecule is CC(F)OC1(OCCOCC(F)(F)F)CC1. The molecule has 1 aliphatic rings. The first-order valence-corrected chi connectivity index (χ1v) is 4.93. The van der Waals surface area contributed by atoms with Crippen molar-refractivity contribution < 1.29 is 31.8 Å². The highest BCUT2D eigenvalue weighted by Crippen LogP contribution is 2.41. The lowest BCUT2D eigenvalue weighted by Gasteiger charge is -2.18. The van der Waals surface area contributed by atoms with Crippen LogP contribution in [0.4, 0.5) is 17.6 Å². The first kappa shape index (κ1) is 13.7. The van der Waals surface area contributed by atoms with Gasteiger partial charge in [-0.25, -0.2) is 4.39 Å². The molecule has 1 rings (SSSR count). The Hall–Kier alpha value is -0.400. The highest BCUT2D eigenvalue weighted by atomic mass is 19.4. The lowest BCUT2D eigenvalue weighted by molar-refractivity contribution is -0.228. The second-order valence-corrected chi connectivity index (χ2v) is 3.59. The van der Waals surface area contributed by atoms with Crippen LogP contribution < -0.4 is 0 Å². The number of alkyl halides is 4. The third-order valence-electron chi connectivity index (χ3n) is 1.89. The van der Waals surface area contributed by atoms with E-state index in [4.69, 9.17) is 9.47 Å². The van der Waals surface area contributed by atoms with Crippen LogP contribution in [0.15, 0.2) is 0 Å². The quantitative estimate of drug-likeness (QED) is 0.392. The van der Waals surface area contributed by atoms with Crippen molar-refractivity contribution in [2.75, 3.05) is 19.8 Å². The van der Waals surface area contributed by atoms with Gasteiger partial charge in [0.05, 0.1) is 13.2 Å². The van der Waals surface area contributed by atoms with Crippen LogP contribution in [0, 0.1) is 0 Å². The van der Waals surface area contributed by atoms with Crippen molar-refractivity contribution in [1.82, 2.24) is 0 Å². The van der Waals surface area contributed by atoms with E-state index >= 15 is 0 Å². The molecule has 0 saturated heterocycles. The van der Waals surface area contributed by atoms with Gasteiger partial charge in [-0.2, -0.15) is 13.2 Å². The fraction of sp³-hybridized carbons (Fsp3) is 1.00. The average Bonchev–Trinajstić information content (AvgIpc) is 2.81. The van der Waals surface area contributed by atoms with Crippen LogP contribution in [0.3, 0.4) is 0 Å². The predicted molar refractivity (Wildman–Crippen MR) is 46.4 cm³/mol. The largest absolute Gasteiger partial charge is 0.411 e. The van der Waals surface area contributed by atoms with Gasteiger partial charge in [0.25, 0.3) is 0 Å². The summed E-state index contributed by atoms with van der Waals surface area (Å²) in [6.45, 7) is -0.304. The third kappa shape index (κ3) is 5.62. The molecule has 16 heavy (non-hydrogen) atoms. The van der Waals surface area contributed by atoms with Crippen molar-refractivity contribution >= 4 is 0 Å². The zero-order valence-electron chi connectivity index (χ0n) is 8.85. The van der Waals surface area contributed by atoms with Crippen molar-refractivity contribution in [3.63, 3.8) is 0 Å². The Bertz CT molecular complexity index is 213. The highest BCUT2D eigenvalue weighted by molar-refractivity contribution is 4.86. The van der Waals surface area contributed by atoms with E-state index in [1.807, 2.05) is 0 Å². The molecule has 1 unspecified atom stereocenters. The van der Waals surface area contributed by atoms with Gasteiger partial charge in [-0.1, -0.05) is 0 Å². The molecule has 1 saturated carbocycles. The lowest BCUT2D eigenvalue weighted by atomic mass is 10.6. The fourth-order valence-electron chi connectivity index (χ4n) is 1.17. The summed E-state index contributed by atoms with van der Waals surface area (Å²) < 4.78 is 61.7. The minimum atomic E-state index is -4.33. The number of rotatable bonds is 7. The molecule has 0 spiro atoms. The normalized spacial score (nSPS) is 20.8. The van der Waals surface area contributed by atoms with Gasteiger partial charge in [-0.15, -0.1) is 0 Å². The molecule has 0 aromatic rings. The molecule has 1 atom stereocenters. The molecule has 0 heterocycles. The van der Waals surface area contributed by atoms with E-state index in [1.165, 1.54) is 6.92 Å². The van der Waals surface area contributed by atoms with Crippen LogP contribution in [-0.4, -0.2) is 38.1 Å². The molecule has 0 bridgehead atoms. The Balaban J connectivity index is 2.03. The van der Waals surface area contributed by atoms with Gasteiger partial charge in [-0.3, -0.25) is 0 Å². The summed E-state index contributed by atoms with van der Waals surface area (Å²) in [4.78, 5) is 0. The Morgan fingerprint density at radius 2 is 1.88 bits per heavy atom. The molecule has 96 valence electrons. The maximum absolute atomic E-state index is 12.5. The predicted octanol–water partition coefficient (Wildman–Crippen LogP) is 2.40. The molecule has 0 N–H and O–H groups in total. The Morgan fingerprint density at radius 1 is 1.25 bits per heavy atom. The lowest BCUT2D eigenvalue weighted by Crippen LogP contribution is -2.25. The average molecular weight is 246 g/mol. The van der Waals surface area contributed by atoms with E-state index in [-0.39, 0.29) is 13.2 Å². The van der Waals surface area contributed by atoms with Gasteiger partial charge in [0.15, 0.2) is 12.1 Å². The molecule has 0 amide bonds. The monoisotopic (exact) mass is 246 g/mol. The van der Waals surface area contributed by atoms with Gasteiger partial charge in [-0.05, 0) is 6.92 Å². The second kappa shape index (κ2) is 5.29. The molecular weight excluding hydrogens is 232 g/mol. The molecular formula is C9H14F4O3. The van der Waals surface area contributed by atoms with E-state index in [9.17, 15) is 17.6 Å². The third-order valence-corrected chi connectivity index (χ3v) is 1.89. The smallest absolute Gasteiger partial charge is 0.370 e. The molecule has 0 aliphatic heterocycles. The van der Waals surface area contributed by atoms with Gasteiger partial charge in [0.2, 0.25) is 0 Å². The van der Waals surface area contributed by atoms with Gasteiger partial charge < -0.3 is 14.2 Å². The van der Waals surface area contributed by atoms with Gasteiger partial charge >= 0.3 is 6.18 Å². The number of hydrogen-bond donors (Lipinski definition) is 0. The van der Waals surface area contributed by atoms with E-state index in [0.717, 1.165) is 0 Å². The summed E-state index contributed by atoms with van der Waals surface area (Å²) in [6, 6.07) is 0. The fourth-order valence-corrected chi connectivity index (χ4v) is 1.17. The van der Waals surface area contributed by atoms with E-state index < -0.39 is 24.9 Å². The zero-order valence-corrected chi connectivity index (χ0v) is 8.85. The zero-order chi connectivity index (χ0) is 12.2. The number of hydrogen-bond acceptors (Lipinski definition) is 3. The second-order valence-electron chi connectivity index (χ2n) is 3.59. The summed E-state index contributed by atoms with van der Waals surface area (Å²) in [5, 5.41) is 0. The Labute approximate surface area is 90.7 Å². The van der Waals surface area contributed by atoms with Crippen molar-refractivity contribution in [2.24, 2.45) is 0 Å². The molecule has 1 aliphatic carbocycles. The Kier molecular flexibility index (Phi) is 4.52. The van der Waals surface area contributed by atoms with Gasteiger partial charge in [0, 0.05) is 12.8 Å². The molecule has 3 nitrogen and oxygen atoms in total. The van der Waals surface area contributed by atoms with Crippen LogP contribution in [-0.2, 0) is 14.2 Å². The number of halogens is 4.